The summed E-state index contributed by atoms with van der Waals surface area (Å²) in [6.07, 6.45) is -4.26. The second-order valence-corrected chi connectivity index (χ2v) is 5.23. The molecule has 4 heteroatoms. The van der Waals surface area contributed by atoms with Crippen LogP contribution in [0, 0.1) is 0 Å². The number of halogens is 3. The Balaban J connectivity index is 2.19. The first kappa shape index (κ1) is 15.4. The molecule has 0 N–H and O–H groups in total. The molecule has 0 heterocycles. The molecule has 2 rings (SSSR count). The zero-order valence-electron chi connectivity index (χ0n) is 11.9. The average molecular weight is 294 g/mol. The first-order valence-corrected chi connectivity index (χ1v) is 6.77. The van der Waals surface area contributed by atoms with Crippen molar-refractivity contribution in [3.05, 3.63) is 65.2 Å². The summed E-state index contributed by atoms with van der Waals surface area (Å²) in [6, 6.07) is 14.1. The number of hydrogen-bond donors (Lipinski definition) is 0. The topological polar surface area (TPSA) is 9.23 Å². The number of rotatable bonds is 4. The maximum absolute atomic E-state index is 12.4. The maximum Gasteiger partial charge on any atom is 0.573 e. The minimum atomic E-state index is -4.67. The van der Waals surface area contributed by atoms with Crippen molar-refractivity contribution < 1.29 is 17.9 Å². The maximum atomic E-state index is 12.4. The van der Waals surface area contributed by atoms with Crippen LogP contribution >= 0.6 is 0 Å². The third-order valence-electron chi connectivity index (χ3n) is 3.24. The average Bonchev–Trinajstić information content (AvgIpc) is 2.40. The highest BCUT2D eigenvalue weighted by Crippen LogP contribution is 2.28. The van der Waals surface area contributed by atoms with Crippen LogP contribution in [0.1, 0.15) is 36.5 Å². The fourth-order valence-electron chi connectivity index (χ4n) is 2.11. The highest BCUT2D eigenvalue weighted by molar-refractivity contribution is 5.38. The van der Waals surface area contributed by atoms with E-state index < -0.39 is 6.36 Å². The summed E-state index contributed by atoms with van der Waals surface area (Å²) in [5, 5.41) is 0. The van der Waals surface area contributed by atoms with Gasteiger partial charge in [-0.25, -0.2) is 0 Å². The fraction of sp³-hybridized carbons (Fsp3) is 0.294. The standard InChI is InChI=1S/C17H17F3O/c1-12(2)14-9-7-13(8-10-14)11-15-5-3-4-6-16(15)21-17(18,19)20/h3-10,12H,11H2,1-2H3. The zero-order valence-corrected chi connectivity index (χ0v) is 11.9. The highest BCUT2D eigenvalue weighted by Gasteiger charge is 2.31. The second-order valence-electron chi connectivity index (χ2n) is 5.23. The van der Waals surface area contributed by atoms with Crippen LogP contribution in [0.25, 0.3) is 0 Å². The molecule has 0 fully saturated rings. The molecule has 0 aliphatic rings. The molecule has 0 aromatic heterocycles. The second kappa shape index (κ2) is 6.20. The summed E-state index contributed by atoms with van der Waals surface area (Å²) in [4.78, 5) is 0. The molecule has 0 saturated carbocycles. The molecular formula is C17H17F3O. The van der Waals surface area contributed by atoms with Gasteiger partial charge in [0.2, 0.25) is 0 Å². The number of alkyl halides is 3. The third kappa shape index (κ3) is 4.52. The van der Waals surface area contributed by atoms with Crippen molar-refractivity contribution in [3.8, 4) is 5.75 Å². The summed E-state index contributed by atoms with van der Waals surface area (Å²) in [5.74, 6) is 0.290. The molecule has 0 bridgehead atoms. The Morgan fingerprint density at radius 1 is 0.952 bits per heavy atom. The number of benzene rings is 2. The van der Waals surface area contributed by atoms with Crippen LogP contribution < -0.4 is 4.74 Å². The van der Waals surface area contributed by atoms with Gasteiger partial charge in [-0.05, 0) is 28.7 Å². The van der Waals surface area contributed by atoms with Gasteiger partial charge in [0.05, 0.1) is 0 Å². The zero-order chi connectivity index (χ0) is 15.5. The van der Waals surface area contributed by atoms with Gasteiger partial charge in [-0.3, -0.25) is 0 Å². The van der Waals surface area contributed by atoms with Gasteiger partial charge in [-0.1, -0.05) is 56.3 Å². The van der Waals surface area contributed by atoms with E-state index in [9.17, 15) is 13.2 Å². The molecule has 0 radical (unpaired) electrons. The molecule has 0 saturated heterocycles. The molecule has 0 spiro atoms. The van der Waals surface area contributed by atoms with Crippen LogP contribution in [0.3, 0.4) is 0 Å². The summed E-state index contributed by atoms with van der Waals surface area (Å²) in [5.41, 5.74) is 2.68. The van der Waals surface area contributed by atoms with E-state index in [1.54, 1.807) is 12.1 Å². The first-order chi connectivity index (χ1) is 9.85. The van der Waals surface area contributed by atoms with Crippen LogP contribution in [0.4, 0.5) is 13.2 Å². The molecule has 21 heavy (non-hydrogen) atoms. The third-order valence-corrected chi connectivity index (χ3v) is 3.24. The van der Waals surface area contributed by atoms with Crippen LogP contribution in [0.2, 0.25) is 0 Å². The minimum absolute atomic E-state index is 0.141. The van der Waals surface area contributed by atoms with Crippen molar-refractivity contribution >= 4 is 0 Å². The van der Waals surface area contributed by atoms with Crippen molar-refractivity contribution in [2.45, 2.75) is 32.5 Å². The van der Waals surface area contributed by atoms with Crippen molar-refractivity contribution in [2.75, 3.05) is 0 Å². The lowest BCUT2D eigenvalue weighted by atomic mass is 9.98. The van der Waals surface area contributed by atoms with E-state index in [0.717, 1.165) is 5.56 Å². The largest absolute Gasteiger partial charge is 0.573 e. The smallest absolute Gasteiger partial charge is 0.405 e. The Bertz CT molecular complexity index is 586. The van der Waals surface area contributed by atoms with E-state index >= 15 is 0 Å². The number of para-hydroxylation sites is 1. The first-order valence-electron chi connectivity index (χ1n) is 6.77. The van der Waals surface area contributed by atoms with E-state index in [0.29, 0.717) is 17.9 Å². The van der Waals surface area contributed by atoms with Gasteiger partial charge in [0, 0.05) is 6.42 Å². The highest BCUT2D eigenvalue weighted by atomic mass is 19.4. The molecular weight excluding hydrogens is 277 g/mol. The SMILES string of the molecule is CC(C)c1ccc(Cc2ccccc2OC(F)(F)F)cc1. The Hall–Kier alpha value is -1.97. The van der Waals surface area contributed by atoms with Gasteiger partial charge in [-0.15, -0.1) is 13.2 Å². The van der Waals surface area contributed by atoms with Crippen LogP contribution in [-0.4, -0.2) is 6.36 Å². The van der Waals surface area contributed by atoms with Crippen molar-refractivity contribution in [1.82, 2.24) is 0 Å². The van der Waals surface area contributed by atoms with Gasteiger partial charge in [0.1, 0.15) is 5.75 Å². The van der Waals surface area contributed by atoms with E-state index in [1.807, 2.05) is 24.3 Å². The summed E-state index contributed by atoms with van der Waals surface area (Å²) in [7, 11) is 0. The van der Waals surface area contributed by atoms with Crippen LogP contribution in [-0.2, 0) is 6.42 Å². The quantitative estimate of drug-likeness (QED) is 0.743. The summed E-state index contributed by atoms with van der Waals surface area (Å²) in [6.45, 7) is 4.20. The van der Waals surface area contributed by atoms with Gasteiger partial charge in [-0.2, -0.15) is 0 Å². The molecule has 0 amide bonds. The molecule has 0 aliphatic carbocycles. The van der Waals surface area contributed by atoms with Crippen LogP contribution in [0.5, 0.6) is 5.75 Å². The number of hydrogen-bond acceptors (Lipinski definition) is 1. The lowest BCUT2D eigenvalue weighted by molar-refractivity contribution is -0.274. The van der Waals surface area contributed by atoms with Gasteiger partial charge >= 0.3 is 6.36 Å². The molecule has 0 atom stereocenters. The van der Waals surface area contributed by atoms with Crippen molar-refractivity contribution in [1.29, 1.82) is 0 Å². The Kier molecular flexibility index (Phi) is 4.56. The summed E-state index contributed by atoms with van der Waals surface area (Å²) >= 11 is 0. The molecule has 0 aliphatic heterocycles. The predicted octanol–water partition coefficient (Wildman–Crippen LogP) is 5.30. The van der Waals surface area contributed by atoms with E-state index in [-0.39, 0.29) is 5.75 Å². The van der Waals surface area contributed by atoms with Gasteiger partial charge in [0.15, 0.2) is 0 Å². The Morgan fingerprint density at radius 3 is 2.14 bits per heavy atom. The predicted molar refractivity (Wildman–Crippen MR) is 76.5 cm³/mol. The monoisotopic (exact) mass is 294 g/mol. The molecule has 112 valence electrons. The lowest BCUT2D eigenvalue weighted by Gasteiger charge is -2.13. The normalized spacial score (nSPS) is 11.7. The Morgan fingerprint density at radius 2 is 1.57 bits per heavy atom. The molecule has 0 unspecified atom stereocenters. The van der Waals surface area contributed by atoms with E-state index in [2.05, 4.69) is 18.6 Å². The van der Waals surface area contributed by atoms with E-state index in [4.69, 9.17) is 0 Å². The van der Waals surface area contributed by atoms with E-state index in [1.165, 1.54) is 17.7 Å². The van der Waals surface area contributed by atoms with Gasteiger partial charge in [0.25, 0.3) is 0 Å². The van der Waals surface area contributed by atoms with Crippen molar-refractivity contribution in [3.63, 3.8) is 0 Å². The lowest BCUT2D eigenvalue weighted by Crippen LogP contribution is -2.18. The summed E-state index contributed by atoms with van der Waals surface area (Å²) < 4.78 is 41.2. The Labute approximate surface area is 122 Å². The fourth-order valence-corrected chi connectivity index (χ4v) is 2.11. The minimum Gasteiger partial charge on any atom is -0.405 e. The molecule has 1 nitrogen and oxygen atoms in total. The number of ether oxygens (including phenoxy) is 1. The van der Waals surface area contributed by atoms with Crippen molar-refractivity contribution in [2.24, 2.45) is 0 Å². The molecule has 2 aromatic rings. The van der Waals surface area contributed by atoms with Gasteiger partial charge < -0.3 is 4.74 Å². The molecule has 2 aromatic carbocycles. The van der Waals surface area contributed by atoms with Crippen LogP contribution in [0.15, 0.2) is 48.5 Å².